The van der Waals surface area contributed by atoms with Crippen molar-refractivity contribution >= 4 is 11.9 Å². The Bertz CT molecular complexity index is 487. The zero-order valence-electron chi connectivity index (χ0n) is 14.4. The Balaban J connectivity index is 2.82. The monoisotopic (exact) mass is 310 g/mol. The number of hydrogen-bond donors (Lipinski definition) is 0. The molecule has 1 rings (SSSR count). The third-order valence-electron chi connectivity index (χ3n) is 3.35. The van der Waals surface area contributed by atoms with Crippen LogP contribution in [0.4, 0.5) is 0 Å². The lowest BCUT2D eigenvalue weighted by Crippen LogP contribution is -2.54. The smallest absolute Gasteiger partial charge is 0.308 e. The molecule has 1 fully saturated rings. The fraction of sp³-hybridized carbons (Fsp3) is 0.812. The number of ether oxygens (including phenoxy) is 2. The maximum atomic E-state index is 12.7. The van der Waals surface area contributed by atoms with Crippen LogP contribution in [-0.4, -0.2) is 47.7 Å². The molecule has 1 aliphatic heterocycles. The first kappa shape index (κ1) is 18.4. The number of nitrogens with zero attached hydrogens (tertiary/aromatic N) is 2. The van der Waals surface area contributed by atoms with E-state index in [2.05, 4.69) is 0 Å². The van der Waals surface area contributed by atoms with Crippen molar-refractivity contribution in [3.8, 4) is 6.07 Å². The first-order chi connectivity index (χ1) is 9.88. The number of amides is 1. The third-order valence-corrected chi connectivity index (χ3v) is 3.35. The molecule has 6 heteroatoms. The van der Waals surface area contributed by atoms with Gasteiger partial charge in [0.05, 0.1) is 24.7 Å². The molecule has 0 aromatic carbocycles. The van der Waals surface area contributed by atoms with E-state index in [4.69, 9.17) is 9.47 Å². The highest BCUT2D eigenvalue weighted by molar-refractivity contribution is 5.89. The van der Waals surface area contributed by atoms with Crippen molar-refractivity contribution in [3.05, 3.63) is 0 Å². The van der Waals surface area contributed by atoms with E-state index in [9.17, 15) is 14.9 Å². The van der Waals surface area contributed by atoms with Crippen LogP contribution >= 0.6 is 0 Å². The van der Waals surface area contributed by atoms with Crippen LogP contribution in [0.5, 0.6) is 0 Å². The van der Waals surface area contributed by atoms with Crippen LogP contribution in [0.25, 0.3) is 0 Å². The summed E-state index contributed by atoms with van der Waals surface area (Å²) in [4.78, 5) is 26.3. The number of rotatable bonds is 3. The number of nitriles is 1. The van der Waals surface area contributed by atoms with Gasteiger partial charge in [-0.05, 0) is 41.5 Å². The number of carbonyl (C=O) groups excluding carboxylic acids is 2. The summed E-state index contributed by atoms with van der Waals surface area (Å²) in [6.45, 7) is 11.8. The van der Waals surface area contributed by atoms with E-state index in [-0.39, 0.29) is 12.3 Å². The summed E-state index contributed by atoms with van der Waals surface area (Å²) >= 11 is 0. The number of carbonyl (C=O) groups is 2. The largest absolute Gasteiger partial charge is 0.460 e. The van der Waals surface area contributed by atoms with Crippen molar-refractivity contribution in [3.63, 3.8) is 0 Å². The molecule has 1 heterocycles. The van der Waals surface area contributed by atoms with Crippen LogP contribution in [0.2, 0.25) is 0 Å². The van der Waals surface area contributed by atoms with Crippen molar-refractivity contribution in [2.75, 3.05) is 19.7 Å². The number of esters is 1. The second-order valence-electron chi connectivity index (χ2n) is 7.54. The summed E-state index contributed by atoms with van der Waals surface area (Å²) in [5, 5.41) is 9.43. The standard InChI is InChI=1S/C16H26N2O4/c1-14(2,3)22-12(19)9-16(6,10-17)13(20)18-7-8-21-15(4,5)11-18/h7-9,11H2,1-6H3. The quantitative estimate of drug-likeness (QED) is 0.744. The van der Waals surface area contributed by atoms with Gasteiger partial charge in [0.15, 0.2) is 0 Å². The molecule has 0 radical (unpaired) electrons. The molecule has 6 nitrogen and oxygen atoms in total. The zero-order valence-corrected chi connectivity index (χ0v) is 14.4. The Kier molecular flexibility index (Phi) is 5.24. The molecule has 0 saturated carbocycles. The van der Waals surface area contributed by atoms with E-state index in [1.807, 2.05) is 19.9 Å². The molecule has 124 valence electrons. The third kappa shape index (κ3) is 4.99. The van der Waals surface area contributed by atoms with E-state index in [0.29, 0.717) is 19.7 Å². The van der Waals surface area contributed by atoms with E-state index in [1.165, 1.54) is 6.92 Å². The van der Waals surface area contributed by atoms with Gasteiger partial charge in [-0.1, -0.05) is 0 Å². The average Bonchev–Trinajstić information content (AvgIpc) is 2.34. The van der Waals surface area contributed by atoms with Crippen LogP contribution in [0, 0.1) is 16.7 Å². The fourth-order valence-electron chi connectivity index (χ4n) is 2.37. The second kappa shape index (κ2) is 6.25. The maximum absolute atomic E-state index is 12.7. The lowest BCUT2D eigenvalue weighted by molar-refractivity contribution is -0.163. The molecule has 0 bridgehead atoms. The molecule has 0 aromatic heterocycles. The van der Waals surface area contributed by atoms with Gasteiger partial charge in [-0.25, -0.2) is 0 Å². The molecule has 1 aliphatic rings. The molecule has 1 saturated heterocycles. The Morgan fingerprint density at radius 1 is 1.32 bits per heavy atom. The van der Waals surface area contributed by atoms with Gasteiger partial charge in [0.1, 0.15) is 11.0 Å². The summed E-state index contributed by atoms with van der Waals surface area (Å²) in [6.07, 6.45) is -0.253. The van der Waals surface area contributed by atoms with Gasteiger partial charge in [0.2, 0.25) is 5.91 Å². The summed E-state index contributed by atoms with van der Waals surface area (Å²) < 4.78 is 10.8. The molecular formula is C16H26N2O4. The molecule has 1 amide bonds. The highest BCUT2D eigenvalue weighted by atomic mass is 16.6. The summed E-state index contributed by atoms with van der Waals surface area (Å²) in [5.41, 5.74) is -2.51. The first-order valence-electron chi connectivity index (χ1n) is 7.45. The van der Waals surface area contributed by atoms with Crippen LogP contribution in [0.1, 0.15) is 48.0 Å². The summed E-state index contributed by atoms with van der Waals surface area (Å²) in [7, 11) is 0. The lowest BCUT2D eigenvalue weighted by Gasteiger charge is -2.40. The van der Waals surface area contributed by atoms with Gasteiger partial charge in [-0.15, -0.1) is 0 Å². The van der Waals surface area contributed by atoms with Crippen LogP contribution in [0.15, 0.2) is 0 Å². The van der Waals surface area contributed by atoms with Gasteiger partial charge in [-0.3, -0.25) is 9.59 Å². The minimum absolute atomic E-state index is 0.253. The number of morpholine rings is 1. The SMILES string of the molecule is CC(C)(C)OC(=O)CC(C)(C#N)C(=O)N1CCOC(C)(C)C1. The van der Waals surface area contributed by atoms with Crippen molar-refractivity contribution in [1.29, 1.82) is 5.26 Å². The van der Waals surface area contributed by atoms with Crippen molar-refractivity contribution in [2.24, 2.45) is 5.41 Å². The van der Waals surface area contributed by atoms with Gasteiger partial charge in [0.25, 0.3) is 0 Å². The highest BCUT2D eigenvalue weighted by Crippen LogP contribution is 2.28. The van der Waals surface area contributed by atoms with E-state index >= 15 is 0 Å². The molecule has 0 aliphatic carbocycles. The summed E-state index contributed by atoms with van der Waals surface area (Å²) in [5.74, 6) is -0.894. The molecule has 22 heavy (non-hydrogen) atoms. The molecule has 1 atom stereocenters. The Morgan fingerprint density at radius 2 is 1.91 bits per heavy atom. The van der Waals surface area contributed by atoms with Crippen molar-refractivity contribution < 1.29 is 19.1 Å². The van der Waals surface area contributed by atoms with E-state index in [0.717, 1.165) is 0 Å². The maximum Gasteiger partial charge on any atom is 0.308 e. The van der Waals surface area contributed by atoms with Gasteiger partial charge < -0.3 is 14.4 Å². The Labute approximate surface area is 132 Å². The van der Waals surface area contributed by atoms with Crippen LogP contribution in [0.3, 0.4) is 0 Å². The average molecular weight is 310 g/mol. The first-order valence-corrected chi connectivity index (χ1v) is 7.45. The normalized spacial score (nSPS) is 20.7. The fourth-order valence-corrected chi connectivity index (χ4v) is 2.37. The van der Waals surface area contributed by atoms with Crippen molar-refractivity contribution in [1.82, 2.24) is 4.90 Å². The topological polar surface area (TPSA) is 79.6 Å². The predicted octanol–water partition coefficient (Wildman–Crippen LogP) is 1.89. The Hall–Kier alpha value is -1.61. The molecule has 0 N–H and O–H groups in total. The molecule has 0 spiro atoms. The number of hydrogen-bond acceptors (Lipinski definition) is 5. The second-order valence-corrected chi connectivity index (χ2v) is 7.54. The van der Waals surface area contributed by atoms with Gasteiger partial charge in [0, 0.05) is 13.1 Å². The molecular weight excluding hydrogens is 284 g/mol. The minimum atomic E-state index is -1.42. The van der Waals surface area contributed by atoms with Crippen LogP contribution < -0.4 is 0 Å². The van der Waals surface area contributed by atoms with Gasteiger partial charge >= 0.3 is 5.97 Å². The van der Waals surface area contributed by atoms with Crippen molar-refractivity contribution in [2.45, 2.75) is 59.2 Å². The molecule has 0 aromatic rings. The van der Waals surface area contributed by atoms with Gasteiger partial charge in [-0.2, -0.15) is 5.26 Å². The van der Waals surface area contributed by atoms with E-state index in [1.54, 1.807) is 25.7 Å². The Morgan fingerprint density at radius 3 is 2.36 bits per heavy atom. The summed E-state index contributed by atoms with van der Waals surface area (Å²) in [6, 6.07) is 1.99. The van der Waals surface area contributed by atoms with E-state index < -0.39 is 22.6 Å². The highest BCUT2D eigenvalue weighted by Gasteiger charge is 2.43. The predicted molar refractivity (Wildman–Crippen MR) is 80.8 cm³/mol. The zero-order chi connectivity index (χ0) is 17.2. The van der Waals surface area contributed by atoms with Crippen LogP contribution in [-0.2, 0) is 19.1 Å². The molecule has 1 unspecified atom stereocenters. The minimum Gasteiger partial charge on any atom is -0.460 e. The lowest BCUT2D eigenvalue weighted by atomic mass is 9.86.